The van der Waals surface area contributed by atoms with Crippen LogP contribution in [-0.2, 0) is 4.79 Å². The maximum Gasteiger partial charge on any atom is 0.324 e. The standard InChI is InChI=1S/C13H9N3O4S/c17-11-6-15(10-4-2-1-3-9(10)14-11)13(18)8-5-12(16(19)20)21-7-8/h1-5,7H,6H2,(H,14,17). The Morgan fingerprint density at radius 1 is 1.38 bits per heavy atom. The summed E-state index contributed by atoms with van der Waals surface area (Å²) < 4.78 is 0. The van der Waals surface area contributed by atoms with Crippen LogP contribution in [0.5, 0.6) is 0 Å². The molecule has 3 rings (SSSR count). The summed E-state index contributed by atoms with van der Waals surface area (Å²) in [6.45, 7) is -0.112. The summed E-state index contributed by atoms with van der Waals surface area (Å²) >= 11 is 0.885. The first kappa shape index (κ1) is 13.3. The van der Waals surface area contributed by atoms with Gasteiger partial charge in [0.15, 0.2) is 0 Å². The SMILES string of the molecule is O=C1CN(C(=O)c2csc([N+](=O)[O-])c2)c2ccccc2N1. The quantitative estimate of drug-likeness (QED) is 0.680. The molecule has 1 N–H and O–H groups in total. The molecule has 0 fully saturated rings. The third kappa shape index (κ3) is 2.36. The fourth-order valence-corrected chi connectivity index (χ4v) is 2.80. The molecular formula is C13H9N3O4S. The molecule has 0 saturated heterocycles. The lowest BCUT2D eigenvalue weighted by Crippen LogP contribution is -2.42. The molecule has 1 aliphatic rings. The first-order valence-corrected chi connectivity index (χ1v) is 6.88. The van der Waals surface area contributed by atoms with E-state index < -0.39 is 10.8 Å². The number of hydrogen-bond donors (Lipinski definition) is 1. The van der Waals surface area contributed by atoms with Crippen LogP contribution in [0.15, 0.2) is 35.7 Å². The highest BCUT2D eigenvalue weighted by atomic mass is 32.1. The molecule has 21 heavy (non-hydrogen) atoms. The topological polar surface area (TPSA) is 92.5 Å². The Morgan fingerprint density at radius 3 is 2.86 bits per heavy atom. The molecular weight excluding hydrogens is 294 g/mol. The first-order chi connectivity index (χ1) is 10.1. The number of fused-ring (bicyclic) bond motifs is 1. The lowest BCUT2D eigenvalue weighted by molar-refractivity contribution is -0.380. The third-order valence-electron chi connectivity index (χ3n) is 3.03. The van der Waals surface area contributed by atoms with E-state index >= 15 is 0 Å². The van der Waals surface area contributed by atoms with Crippen LogP contribution in [0.25, 0.3) is 0 Å². The zero-order chi connectivity index (χ0) is 15.0. The predicted molar refractivity (Wildman–Crippen MR) is 77.7 cm³/mol. The highest BCUT2D eigenvalue weighted by Crippen LogP contribution is 2.31. The van der Waals surface area contributed by atoms with Crippen LogP contribution in [-0.4, -0.2) is 23.3 Å². The number of anilines is 2. The third-order valence-corrected chi connectivity index (χ3v) is 3.91. The number of nitrogens with one attached hydrogen (secondary N) is 1. The average Bonchev–Trinajstić information content (AvgIpc) is 2.95. The van der Waals surface area contributed by atoms with E-state index in [0.717, 1.165) is 11.3 Å². The van der Waals surface area contributed by atoms with Gasteiger partial charge in [0, 0.05) is 11.4 Å². The molecule has 0 unspecified atom stereocenters. The van der Waals surface area contributed by atoms with Crippen molar-refractivity contribution >= 4 is 39.5 Å². The normalized spacial score (nSPS) is 13.5. The molecule has 1 aromatic heterocycles. The van der Waals surface area contributed by atoms with Crippen LogP contribution in [0.1, 0.15) is 10.4 Å². The summed E-state index contributed by atoms with van der Waals surface area (Å²) in [5.74, 6) is -0.728. The Bertz CT molecular complexity index is 755. The van der Waals surface area contributed by atoms with Gasteiger partial charge in [0.05, 0.1) is 21.9 Å². The minimum absolute atomic E-state index is 0.104. The molecule has 0 atom stereocenters. The molecule has 2 amide bonds. The number of thiophene rings is 1. The molecule has 1 aromatic carbocycles. The molecule has 0 bridgehead atoms. The van der Waals surface area contributed by atoms with Gasteiger partial charge in [-0.25, -0.2) is 0 Å². The largest absolute Gasteiger partial charge is 0.324 e. The van der Waals surface area contributed by atoms with Crippen molar-refractivity contribution < 1.29 is 14.5 Å². The second-order valence-corrected chi connectivity index (χ2v) is 5.28. The second-order valence-electron chi connectivity index (χ2n) is 4.39. The Hall–Kier alpha value is -2.74. The number of nitro groups is 1. The van der Waals surface area contributed by atoms with Crippen LogP contribution >= 0.6 is 11.3 Å². The van der Waals surface area contributed by atoms with Crippen molar-refractivity contribution in [2.45, 2.75) is 0 Å². The molecule has 2 aromatic rings. The Morgan fingerprint density at radius 2 is 2.14 bits per heavy atom. The van der Waals surface area contributed by atoms with Crippen LogP contribution in [0.2, 0.25) is 0 Å². The fourth-order valence-electron chi connectivity index (χ4n) is 2.10. The van der Waals surface area contributed by atoms with E-state index in [-0.39, 0.29) is 23.0 Å². The highest BCUT2D eigenvalue weighted by Gasteiger charge is 2.28. The van der Waals surface area contributed by atoms with Gasteiger partial charge in [0.1, 0.15) is 6.54 Å². The highest BCUT2D eigenvalue weighted by molar-refractivity contribution is 7.13. The number of hydrogen-bond acceptors (Lipinski definition) is 5. The second kappa shape index (κ2) is 4.98. The van der Waals surface area contributed by atoms with Gasteiger partial charge in [-0.05, 0) is 12.1 Å². The van der Waals surface area contributed by atoms with E-state index in [0.29, 0.717) is 11.4 Å². The number of rotatable bonds is 2. The summed E-state index contributed by atoms with van der Waals surface area (Å²) in [5.41, 5.74) is 1.33. The van der Waals surface area contributed by atoms with E-state index in [4.69, 9.17) is 0 Å². The maximum atomic E-state index is 12.5. The van der Waals surface area contributed by atoms with Crippen molar-refractivity contribution in [3.63, 3.8) is 0 Å². The van der Waals surface area contributed by atoms with Gasteiger partial charge >= 0.3 is 5.00 Å². The zero-order valence-corrected chi connectivity index (χ0v) is 11.4. The monoisotopic (exact) mass is 303 g/mol. The number of benzene rings is 1. The molecule has 0 aliphatic carbocycles. The van der Waals surface area contributed by atoms with Crippen molar-refractivity contribution in [1.82, 2.24) is 0 Å². The smallest absolute Gasteiger partial charge is 0.323 e. The summed E-state index contributed by atoms with van der Waals surface area (Å²) in [4.78, 5) is 35.6. The average molecular weight is 303 g/mol. The minimum atomic E-state index is -0.543. The molecule has 0 spiro atoms. The minimum Gasteiger partial charge on any atom is -0.323 e. The molecule has 106 valence electrons. The summed E-state index contributed by atoms with van der Waals surface area (Å²) in [7, 11) is 0. The van der Waals surface area contributed by atoms with Crippen LogP contribution in [0, 0.1) is 10.1 Å². The first-order valence-electron chi connectivity index (χ1n) is 6.00. The van der Waals surface area contributed by atoms with Crippen LogP contribution in [0.4, 0.5) is 16.4 Å². The summed E-state index contributed by atoms with van der Waals surface area (Å²) in [6, 6.07) is 8.15. The van der Waals surface area contributed by atoms with Crippen LogP contribution < -0.4 is 10.2 Å². The zero-order valence-electron chi connectivity index (χ0n) is 10.6. The number of carbonyl (C=O) groups excluding carboxylic acids is 2. The number of amides is 2. The summed E-state index contributed by atoms with van der Waals surface area (Å²) in [5, 5.41) is 14.7. The van der Waals surface area contributed by atoms with E-state index in [1.807, 2.05) is 0 Å². The number of nitrogens with zero attached hydrogens (tertiary/aromatic N) is 2. The number of carbonyl (C=O) groups is 2. The molecule has 7 nitrogen and oxygen atoms in total. The van der Waals surface area contributed by atoms with E-state index in [1.54, 1.807) is 24.3 Å². The van der Waals surface area contributed by atoms with Gasteiger partial charge in [-0.3, -0.25) is 24.6 Å². The Kier molecular flexibility index (Phi) is 3.15. The van der Waals surface area contributed by atoms with Crippen molar-refractivity contribution in [1.29, 1.82) is 0 Å². The number of para-hydroxylation sites is 2. The van der Waals surface area contributed by atoms with Crippen molar-refractivity contribution in [2.24, 2.45) is 0 Å². The lowest BCUT2D eigenvalue weighted by Gasteiger charge is -2.28. The summed E-state index contributed by atoms with van der Waals surface area (Å²) in [6.07, 6.45) is 0. The molecule has 1 aliphatic heterocycles. The van der Waals surface area contributed by atoms with E-state index in [9.17, 15) is 19.7 Å². The van der Waals surface area contributed by atoms with Crippen molar-refractivity contribution in [3.05, 3.63) is 51.4 Å². The molecule has 0 radical (unpaired) electrons. The van der Waals surface area contributed by atoms with Gasteiger partial charge in [-0.2, -0.15) is 0 Å². The Labute approximate surface area is 123 Å². The van der Waals surface area contributed by atoms with Gasteiger partial charge in [0.25, 0.3) is 5.91 Å². The van der Waals surface area contributed by atoms with Gasteiger partial charge in [0.2, 0.25) is 5.91 Å². The lowest BCUT2D eigenvalue weighted by atomic mass is 10.1. The Balaban J connectivity index is 1.97. The van der Waals surface area contributed by atoms with Gasteiger partial charge < -0.3 is 5.32 Å². The van der Waals surface area contributed by atoms with E-state index in [1.165, 1.54) is 16.3 Å². The van der Waals surface area contributed by atoms with Crippen molar-refractivity contribution in [2.75, 3.05) is 16.8 Å². The van der Waals surface area contributed by atoms with Gasteiger partial charge in [-0.15, -0.1) is 0 Å². The molecule has 8 heteroatoms. The predicted octanol–water partition coefficient (Wildman–Crippen LogP) is 2.26. The molecule has 0 saturated carbocycles. The van der Waals surface area contributed by atoms with Crippen LogP contribution in [0.3, 0.4) is 0 Å². The fraction of sp³-hybridized carbons (Fsp3) is 0.0769. The van der Waals surface area contributed by atoms with Crippen molar-refractivity contribution in [3.8, 4) is 0 Å². The van der Waals surface area contributed by atoms with E-state index in [2.05, 4.69) is 5.32 Å². The molecule has 2 heterocycles. The van der Waals surface area contributed by atoms with Gasteiger partial charge in [-0.1, -0.05) is 23.5 Å². The maximum absolute atomic E-state index is 12.5.